The van der Waals surface area contributed by atoms with Crippen molar-refractivity contribution >= 4 is 15.8 Å². The normalized spacial score (nSPS) is 24.9. The van der Waals surface area contributed by atoms with Crippen molar-refractivity contribution in [1.82, 2.24) is 9.62 Å². The van der Waals surface area contributed by atoms with Crippen LogP contribution in [0.2, 0.25) is 0 Å². The number of aryl methyl sites for hydroxylation is 1. The number of ketones is 1. The molecule has 2 aliphatic carbocycles. The molecule has 4 rings (SSSR count). The summed E-state index contributed by atoms with van der Waals surface area (Å²) in [4.78, 5) is 12.4. The number of carbonyl (C=O) groups excluding carboxylic acids is 1. The summed E-state index contributed by atoms with van der Waals surface area (Å²) in [5.41, 5.74) is 1.60. The van der Waals surface area contributed by atoms with E-state index in [2.05, 4.69) is 5.32 Å². The Balaban J connectivity index is 1.72. The van der Waals surface area contributed by atoms with E-state index in [0.29, 0.717) is 12.0 Å². The van der Waals surface area contributed by atoms with Gasteiger partial charge in [0.1, 0.15) is 0 Å². The zero-order valence-corrected chi connectivity index (χ0v) is 13.9. The van der Waals surface area contributed by atoms with Crippen LogP contribution >= 0.6 is 0 Å². The van der Waals surface area contributed by atoms with Crippen LogP contribution in [0.1, 0.15) is 48.0 Å². The zero-order chi connectivity index (χ0) is 16.0. The monoisotopic (exact) mass is 334 g/mol. The summed E-state index contributed by atoms with van der Waals surface area (Å²) < 4.78 is 28.1. The number of fused-ring (bicyclic) bond motifs is 1. The van der Waals surface area contributed by atoms with Crippen LogP contribution in [0.3, 0.4) is 0 Å². The lowest BCUT2D eigenvalue weighted by Gasteiger charge is -2.28. The Hall–Kier alpha value is -1.24. The van der Waals surface area contributed by atoms with Crippen molar-refractivity contribution in [2.75, 3.05) is 13.1 Å². The molecule has 23 heavy (non-hydrogen) atoms. The van der Waals surface area contributed by atoms with Gasteiger partial charge in [0, 0.05) is 30.6 Å². The van der Waals surface area contributed by atoms with Crippen LogP contribution in [0.15, 0.2) is 23.1 Å². The summed E-state index contributed by atoms with van der Waals surface area (Å²) in [6.45, 7) is 1.59. The van der Waals surface area contributed by atoms with Crippen LogP contribution in [0, 0.1) is 0 Å². The second kappa shape index (κ2) is 5.69. The van der Waals surface area contributed by atoms with E-state index in [9.17, 15) is 13.2 Å². The number of hydrogen-bond acceptors (Lipinski definition) is 4. The van der Waals surface area contributed by atoms with Crippen LogP contribution in [-0.4, -0.2) is 43.7 Å². The average Bonchev–Trinajstić information content (AvgIpc) is 3.21. The van der Waals surface area contributed by atoms with E-state index in [0.717, 1.165) is 50.8 Å². The number of sulfonamides is 1. The van der Waals surface area contributed by atoms with E-state index in [4.69, 9.17) is 0 Å². The Bertz CT molecular complexity index is 734. The number of hydrogen-bond donors (Lipinski definition) is 1. The largest absolute Gasteiger partial charge is 0.315 e. The molecule has 0 amide bonds. The highest BCUT2D eigenvalue weighted by Crippen LogP contribution is 2.36. The molecule has 1 heterocycles. The third kappa shape index (κ3) is 2.73. The van der Waals surface area contributed by atoms with Crippen molar-refractivity contribution in [3.8, 4) is 0 Å². The summed E-state index contributed by atoms with van der Waals surface area (Å²) in [6.07, 6.45) is 4.99. The van der Waals surface area contributed by atoms with Crippen LogP contribution in [-0.2, 0) is 16.4 Å². The Kier molecular flexibility index (Phi) is 3.78. The number of nitrogens with zero attached hydrogens (tertiary/aromatic N) is 1. The maximum absolute atomic E-state index is 13.2. The van der Waals surface area contributed by atoms with Crippen LogP contribution in [0.5, 0.6) is 0 Å². The van der Waals surface area contributed by atoms with Crippen molar-refractivity contribution in [2.24, 2.45) is 0 Å². The molecule has 5 nitrogen and oxygen atoms in total. The first-order valence-corrected chi connectivity index (χ1v) is 9.92. The van der Waals surface area contributed by atoms with Gasteiger partial charge in [-0.05, 0) is 56.3 Å². The van der Waals surface area contributed by atoms with Gasteiger partial charge in [-0.25, -0.2) is 8.42 Å². The lowest BCUT2D eigenvalue weighted by atomic mass is 9.91. The van der Waals surface area contributed by atoms with Gasteiger partial charge >= 0.3 is 0 Å². The van der Waals surface area contributed by atoms with Gasteiger partial charge in [0.05, 0.1) is 4.90 Å². The van der Waals surface area contributed by atoms with Crippen molar-refractivity contribution in [2.45, 2.75) is 55.5 Å². The fourth-order valence-corrected chi connectivity index (χ4v) is 5.69. The van der Waals surface area contributed by atoms with E-state index in [-0.39, 0.29) is 22.8 Å². The van der Waals surface area contributed by atoms with Crippen molar-refractivity contribution in [3.63, 3.8) is 0 Å². The Labute approximate surface area is 137 Å². The van der Waals surface area contributed by atoms with Gasteiger partial charge in [-0.15, -0.1) is 0 Å². The van der Waals surface area contributed by atoms with Gasteiger partial charge in [0.15, 0.2) is 5.78 Å². The first-order valence-electron chi connectivity index (χ1n) is 8.48. The fourth-order valence-electron chi connectivity index (χ4n) is 3.77. The molecule has 1 unspecified atom stereocenters. The van der Waals surface area contributed by atoms with Gasteiger partial charge in [-0.3, -0.25) is 4.79 Å². The van der Waals surface area contributed by atoms with Gasteiger partial charge in [-0.1, -0.05) is 6.07 Å². The third-order valence-corrected chi connectivity index (χ3v) is 7.11. The smallest absolute Gasteiger partial charge is 0.243 e. The second-order valence-electron chi connectivity index (χ2n) is 6.81. The standard InChI is InChI=1S/C17H22N2O3S/c20-17-3-1-2-12-4-7-15(10-16(12)17)23(21,22)19(13-5-6-13)14-8-9-18-11-14/h4,7,10,13-14,18H,1-3,5-6,8-9,11H2. The third-order valence-electron chi connectivity index (χ3n) is 5.11. The summed E-state index contributed by atoms with van der Waals surface area (Å²) in [5, 5.41) is 3.26. The molecule has 124 valence electrons. The summed E-state index contributed by atoms with van der Waals surface area (Å²) >= 11 is 0. The minimum Gasteiger partial charge on any atom is -0.315 e. The van der Waals surface area contributed by atoms with Crippen LogP contribution in [0.25, 0.3) is 0 Å². The van der Waals surface area contributed by atoms with Crippen molar-refractivity contribution < 1.29 is 13.2 Å². The molecule has 1 aliphatic heterocycles. The van der Waals surface area contributed by atoms with Crippen LogP contribution in [0.4, 0.5) is 0 Å². The molecule has 0 aromatic heterocycles. The minimum atomic E-state index is -3.54. The molecule has 2 fully saturated rings. The number of rotatable bonds is 4. The Morgan fingerprint density at radius 3 is 2.61 bits per heavy atom. The number of benzene rings is 1. The maximum atomic E-state index is 13.2. The molecule has 1 aromatic rings. The number of nitrogens with one attached hydrogen (secondary N) is 1. The molecule has 1 atom stereocenters. The number of carbonyl (C=O) groups is 1. The zero-order valence-electron chi connectivity index (χ0n) is 13.1. The lowest BCUT2D eigenvalue weighted by Crippen LogP contribution is -2.43. The van der Waals surface area contributed by atoms with E-state index in [1.165, 1.54) is 0 Å². The molecule has 3 aliphatic rings. The lowest BCUT2D eigenvalue weighted by molar-refractivity contribution is 0.0972. The van der Waals surface area contributed by atoms with Gasteiger partial charge in [0.2, 0.25) is 10.0 Å². The summed E-state index contributed by atoms with van der Waals surface area (Å²) in [5.74, 6) is 0.0730. The predicted octanol–water partition coefficient (Wildman–Crippen LogP) is 1.72. The molecule has 6 heteroatoms. The highest BCUT2D eigenvalue weighted by atomic mass is 32.2. The van der Waals surface area contributed by atoms with Crippen LogP contribution < -0.4 is 5.32 Å². The van der Waals surface area contributed by atoms with Gasteiger partial charge < -0.3 is 5.32 Å². The molecule has 0 spiro atoms. The summed E-state index contributed by atoms with van der Waals surface area (Å²) in [6, 6.07) is 5.31. The Morgan fingerprint density at radius 1 is 1.09 bits per heavy atom. The molecule has 0 bridgehead atoms. The fraction of sp³-hybridized carbons (Fsp3) is 0.588. The first kappa shape index (κ1) is 15.3. The number of Topliss-reactive ketones (excluding diaryl/α,β-unsaturated/α-hetero) is 1. The molecular weight excluding hydrogens is 312 g/mol. The molecular formula is C17H22N2O3S. The molecule has 1 aromatic carbocycles. The maximum Gasteiger partial charge on any atom is 0.243 e. The van der Waals surface area contributed by atoms with Crippen molar-refractivity contribution in [3.05, 3.63) is 29.3 Å². The first-order chi connectivity index (χ1) is 11.1. The van der Waals surface area contributed by atoms with E-state index < -0.39 is 10.0 Å². The van der Waals surface area contributed by atoms with E-state index in [1.807, 2.05) is 6.07 Å². The van der Waals surface area contributed by atoms with E-state index in [1.54, 1.807) is 16.4 Å². The molecule has 1 N–H and O–H groups in total. The minimum absolute atomic E-state index is 0.0410. The average molecular weight is 334 g/mol. The highest BCUT2D eigenvalue weighted by molar-refractivity contribution is 7.89. The molecule has 0 radical (unpaired) electrons. The summed E-state index contributed by atoms with van der Waals surface area (Å²) in [7, 11) is -3.54. The van der Waals surface area contributed by atoms with E-state index >= 15 is 0 Å². The highest BCUT2D eigenvalue weighted by Gasteiger charge is 2.43. The van der Waals surface area contributed by atoms with Crippen molar-refractivity contribution in [1.29, 1.82) is 0 Å². The molecule has 1 saturated carbocycles. The molecule has 1 saturated heterocycles. The SMILES string of the molecule is O=C1CCCc2ccc(S(=O)(=O)N(C3CC3)C3CCNC3)cc21. The second-order valence-corrected chi connectivity index (χ2v) is 8.65. The van der Waals surface area contributed by atoms with Gasteiger partial charge in [0.25, 0.3) is 0 Å². The quantitative estimate of drug-likeness (QED) is 0.910. The predicted molar refractivity (Wildman–Crippen MR) is 87.0 cm³/mol. The topological polar surface area (TPSA) is 66.5 Å². The van der Waals surface area contributed by atoms with Gasteiger partial charge in [-0.2, -0.15) is 4.31 Å². The Morgan fingerprint density at radius 2 is 1.91 bits per heavy atom.